The molecule has 0 aliphatic rings. The van der Waals surface area contributed by atoms with Crippen molar-refractivity contribution in [1.82, 2.24) is 0 Å². The third-order valence-corrected chi connectivity index (χ3v) is 1.64. The average Bonchev–Trinajstić information content (AvgIpc) is 2.03. The minimum absolute atomic E-state index is 0.0227. The Labute approximate surface area is 90.5 Å². The van der Waals surface area contributed by atoms with Gasteiger partial charge in [0.1, 0.15) is 12.4 Å². The minimum atomic E-state index is 0.0227. The second-order valence-electron chi connectivity index (χ2n) is 2.49. The largest absolute Gasteiger partial charge is 0.629 e. The Balaban J connectivity index is 2.85. The van der Waals surface area contributed by atoms with Crippen molar-refractivity contribution in [2.45, 2.75) is 0 Å². The molecule has 0 aliphatic carbocycles. The fraction of sp³-hybridized carbons (Fsp3) is 0.125. The lowest BCUT2D eigenvalue weighted by Crippen LogP contribution is -3.39. The fourth-order valence-electron chi connectivity index (χ4n) is 0.886. The van der Waals surface area contributed by atoms with Crippen LogP contribution >= 0.6 is 0 Å². The van der Waals surface area contributed by atoms with E-state index in [9.17, 15) is 5.21 Å². The van der Waals surface area contributed by atoms with Crippen LogP contribution in [0.2, 0.25) is 0 Å². The van der Waals surface area contributed by atoms with Crippen molar-refractivity contribution < 1.29 is 35.7 Å². The van der Waals surface area contributed by atoms with Crippen molar-refractivity contribution in [2.75, 3.05) is 7.05 Å². The van der Waals surface area contributed by atoms with Gasteiger partial charge in [-0.2, -0.15) is 2.95 Å². The maximum atomic E-state index is 11.0. The van der Waals surface area contributed by atoms with E-state index >= 15 is 0 Å². The average molecular weight is 293 g/mol. The normalized spacial score (nSPS) is 12.2. The molecule has 0 bridgehead atoms. The van der Waals surface area contributed by atoms with E-state index in [2.05, 4.69) is 6.72 Å². The van der Waals surface area contributed by atoms with E-state index in [1.807, 2.05) is 22.9 Å². The van der Waals surface area contributed by atoms with E-state index in [0.29, 0.717) is 11.4 Å². The number of hydroxylamine groups is 1. The highest BCUT2D eigenvalue weighted by Gasteiger charge is 2.01. The van der Waals surface area contributed by atoms with Gasteiger partial charge in [-0.1, -0.05) is 6.07 Å². The summed E-state index contributed by atoms with van der Waals surface area (Å²) in [5, 5.41) is 11.0. The van der Waals surface area contributed by atoms with Crippen molar-refractivity contribution >= 4 is 12.4 Å². The monoisotopic (exact) mass is 293 g/mol. The molecule has 0 spiro atoms. The van der Waals surface area contributed by atoms with Crippen LogP contribution in [-0.2, 0) is 0 Å². The lowest BCUT2D eigenvalue weighted by molar-refractivity contribution is -1.16. The summed E-state index contributed by atoms with van der Waals surface area (Å²) in [5.41, 5.74) is 0.635. The Morgan fingerprint density at radius 2 is 2.31 bits per heavy atom. The highest BCUT2D eigenvalue weighted by atomic mass is 127. The molecular weight excluding hydrogens is 283 g/mol. The van der Waals surface area contributed by atoms with Gasteiger partial charge in [-0.05, 0) is 12.1 Å². The molecule has 0 saturated carbocycles. The standard InChI is InChI=1S/C8H10IN2O2/c1-10(12)7-4-3-5-8(6-7)13-11(2)9/h3-6,10H,2H2,1H3. The molecule has 13 heavy (non-hydrogen) atoms. The Kier molecular flexibility index (Phi) is 3.64. The van der Waals surface area contributed by atoms with Crippen LogP contribution in [0.1, 0.15) is 0 Å². The Morgan fingerprint density at radius 1 is 1.62 bits per heavy atom. The van der Waals surface area contributed by atoms with Gasteiger partial charge >= 0.3 is 0 Å². The number of benzene rings is 1. The molecule has 1 atom stereocenters. The predicted molar refractivity (Wildman–Crippen MR) is 44.4 cm³/mol. The number of halogens is 1. The highest BCUT2D eigenvalue weighted by molar-refractivity contribution is 5.37. The molecule has 0 fully saturated rings. The fourth-order valence-corrected chi connectivity index (χ4v) is 1.11. The van der Waals surface area contributed by atoms with Gasteiger partial charge in [0.15, 0.2) is 0 Å². The van der Waals surface area contributed by atoms with Crippen molar-refractivity contribution in [3.05, 3.63) is 29.5 Å². The predicted octanol–water partition coefficient (Wildman–Crippen LogP) is -3.19. The van der Waals surface area contributed by atoms with E-state index in [1.54, 1.807) is 24.3 Å². The Bertz CT molecular complexity index is 315. The van der Waals surface area contributed by atoms with E-state index in [-0.39, 0.29) is 5.06 Å². The zero-order valence-corrected chi connectivity index (χ0v) is 9.32. The molecule has 0 heterocycles. The molecule has 0 aromatic heterocycles. The summed E-state index contributed by atoms with van der Waals surface area (Å²) in [4.78, 5) is 5.16. The number of nitrogens with zero attached hydrogens (tertiary/aromatic N) is 1. The molecular formula is C8H10IN2O2. The molecule has 0 saturated heterocycles. The highest BCUT2D eigenvalue weighted by Crippen LogP contribution is 2.13. The van der Waals surface area contributed by atoms with Gasteiger partial charge in [0.2, 0.25) is 5.75 Å². The number of rotatable bonds is 3. The van der Waals surface area contributed by atoms with Crippen LogP contribution in [0.5, 0.6) is 5.75 Å². The first-order valence-corrected chi connectivity index (χ1v) is 4.61. The van der Waals surface area contributed by atoms with Crippen molar-refractivity contribution in [1.29, 1.82) is 0 Å². The first-order chi connectivity index (χ1) is 6.09. The smallest absolute Gasteiger partial charge is 0.206 e. The number of hydrogen-bond donors (Lipinski definition) is 1. The van der Waals surface area contributed by atoms with Crippen LogP contribution < -0.4 is 32.8 Å². The minimum Gasteiger partial charge on any atom is -0.629 e. The summed E-state index contributed by atoms with van der Waals surface area (Å²) in [6.45, 7) is 3.52. The molecule has 1 unspecified atom stereocenters. The summed E-state index contributed by atoms with van der Waals surface area (Å²) in [5.74, 6) is 0.608. The van der Waals surface area contributed by atoms with Crippen LogP contribution in [0.4, 0.5) is 5.69 Å². The number of quaternary nitrogens is 1. The van der Waals surface area contributed by atoms with Crippen LogP contribution in [0.15, 0.2) is 24.3 Å². The molecule has 71 valence electrons. The summed E-state index contributed by atoms with van der Waals surface area (Å²) in [7, 11) is 1.52. The van der Waals surface area contributed by atoms with E-state index < -0.39 is 0 Å². The first-order valence-electron chi connectivity index (χ1n) is 3.65. The van der Waals surface area contributed by atoms with Gasteiger partial charge in [-0.15, -0.1) is 0 Å². The molecule has 0 aliphatic heterocycles. The molecule has 4 nitrogen and oxygen atoms in total. The molecule has 5 heteroatoms. The van der Waals surface area contributed by atoms with Gasteiger partial charge in [0.25, 0.3) is 0 Å². The first kappa shape index (κ1) is 10.4. The quantitative estimate of drug-likeness (QED) is 0.276. The zero-order chi connectivity index (χ0) is 9.84. The number of nitrogens with one attached hydrogen (secondary N) is 1. The molecule has 1 aromatic carbocycles. The summed E-state index contributed by atoms with van der Waals surface area (Å²) >= 11 is 1.89. The van der Waals surface area contributed by atoms with E-state index in [4.69, 9.17) is 4.84 Å². The van der Waals surface area contributed by atoms with Gasteiger partial charge in [-0.3, -0.25) is 4.84 Å². The van der Waals surface area contributed by atoms with Crippen LogP contribution in [-0.4, -0.2) is 16.7 Å². The zero-order valence-electron chi connectivity index (χ0n) is 7.16. The van der Waals surface area contributed by atoms with Gasteiger partial charge in [0, 0.05) is 6.07 Å². The van der Waals surface area contributed by atoms with Gasteiger partial charge in [0.05, 0.1) is 7.05 Å². The lowest BCUT2D eigenvalue weighted by Gasteiger charge is -2.15. The molecule has 1 N–H and O–H groups in total. The lowest BCUT2D eigenvalue weighted by atomic mass is 10.3. The molecule has 1 aromatic rings. The summed E-state index contributed by atoms with van der Waals surface area (Å²) in [6.07, 6.45) is 0. The van der Waals surface area contributed by atoms with Crippen LogP contribution in [0.25, 0.3) is 0 Å². The van der Waals surface area contributed by atoms with Crippen molar-refractivity contribution in [3.8, 4) is 5.75 Å². The van der Waals surface area contributed by atoms with Crippen molar-refractivity contribution in [3.63, 3.8) is 0 Å². The molecule has 0 amide bonds. The second-order valence-corrected chi connectivity index (χ2v) is 3.57. The third kappa shape index (κ3) is 3.29. The topological polar surface area (TPSA) is 39.7 Å². The maximum absolute atomic E-state index is 11.0. The van der Waals surface area contributed by atoms with E-state index in [0.717, 1.165) is 0 Å². The van der Waals surface area contributed by atoms with Crippen LogP contribution in [0.3, 0.4) is 0 Å². The maximum Gasteiger partial charge on any atom is 0.206 e. The molecule has 1 radical (unpaired) electrons. The van der Waals surface area contributed by atoms with Crippen LogP contribution in [0, 0.1) is 5.21 Å². The Hall–Kier alpha value is -0.660. The summed E-state index contributed by atoms with van der Waals surface area (Å²) in [6, 6.07) is 6.96. The SMILES string of the molecule is C=[N+]([I-])Oc1cccc([NH+](C)[O-])c1. The Morgan fingerprint density at radius 3 is 2.85 bits per heavy atom. The van der Waals surface area contributed by atoms with Gasteiger partial charge < -0.3 is 33.1 Å². The molecule has 1 rings (SSSR count). The van der Waals surface area contributed by atoms with Gasteiger partial charge in [-0.25, -0.2) is 0 Å². The van der Waals surface area contributed by atoms with Crippen molar-refractivity contribution in [2.24, 2.45) is 0 Å². The summed E-state index contributed by atoms with van der Waals surface area (Å²) < 4.78 is 1.30. The number of hydrogen-bond acceptors (Lipinski definition) is 2. The second kappa shape index (κ2) is 4.54. The third-order valence-electron chi connectivity index (χ3n) is 1.45. The van der Waals surface area contributed by atoms with E-state index in [1.165, 1.54) is 10.00 Å².